The van der Waals surface area contributed by atoms with Gasteiger partial charge in [0.1, 0.15) is 18.7 Å². The van der Waals surface area contributed by atoms with E-state index in [1.807, 2.05) is 11.8 Å². The van der Waals surface area contributed by atoms with Gasteiger partial charge in [-0.05, 0) is 32.4 Å². The van der Waals surface area contributed by atoms with Gasteiger partial charge in [-0.15, -0.1) is 0 Å². The van der Waals surface area contributed by atoms with Crippen LogP contribution in [0.2, 0.25) is 0 Å². The van der Waals surface area contributed by atoms with Crippen LogP contribution >= 0.6 is 0 Å². The van der Waals surface area contributed by atoms with Crippen LogP contribution in [0.1, 0.15) is 55.3 Å². The number of nitrogens with zero attached hydrogens (tertiary/aromatic N) is 7. The summed E-state index contributed by atoms with van der Waals surface area (Å²) in [5.41, 5.74) is 2.85. The van der Waals surface area contributed by atoms with Gasteiger partial charge in [-0.1, -0.05) is 13.5 Å². The second-order valence-electron chi connectivity index (χ2n) is 8.81. The number of hydrogen-bond acceptors (Lipinski definition) is 7. The molecule has 2 unspecified atom stereocenters. The molecule has 1 aliphatic heterocycles. The van der Waals surface area contributed by atoms with Crippen molar-refractivity contribution in [1.82, 2.24) is 24.7 Å². The molecular weight excluding hydrogens is 509 g/mol. The van der Waals surface area contributed by atoms with E-state index in [0.717, 1.165) is 5.56 Å². The Morgan fingerprint density at radius 1 is 1.26 bits per heavy atom. The molecule has 1 saturated heterocycles. The molecule has 0 bridgehead atoms. The minimum absolute atomic E-state index is 0.140. The predicted molar refractivity (Wildman–Crippen MR) is 132 cm³/mol. The molecule has 3 aromatic heterocycles. The summed E-state index contributed by atoms with van der Waals surface area (Å²) in [5.74, 6) is 0.471. The molecule has 0 saturated carbocycles. The van der Waals surface area contributed by atoms with Gasteiger partial charge in [0, 0.05) is 30.1 Å². The van der Waals surface area contributed by atoms with Crippen molar-refractivity contribution in [2.24, 2.45) is 0 Å². The molecule has 4 rings (SSSR count). The minimum Gasteiger partial charge on any atom is -0.367 e. The number of fused-ring (bicyclic) bond motifs is 1. The number of morpholine rings is 1. The standard InChI is InChI=1S/C21H21F2N7O.C4H7F3/c1-4-17-16-5-14(6-24)13(3)26-20(16)28-21(27-17)29-8-12(2)31-18(10-29)15-7-25-30(9-15)11-19(22)23;1-2-3-4(5,6)7/h4-5,7,9,12,18-19H,1,8,10-11H2,2-3H3;2-3H2,1H3. The smallest absolute Gasteiger partial charge is 0.367 e. The molecule has 1 aliphatic rings. The molecule has 1 fully saturated rings. The van der Waals surface area contributed by atoms with Gasteiger partial charge in [0.25, 0.3) is 6.43 Å². The third kappa shape index (κ3) is 7.44. The molecule has 0 aliphatic carbocycles. The van der Waals surface area contributed by atoms with Crippen molar-refractivity contribution in [1.29, 1.82) is 5.26 Å². The first-order valence-electron chi connectivity index (χ1n) is 11.9. The monoisotopic (exact) mass is 537 g/mol. The second kappa shape index (κ2) is 12.3. The molecule has 0 spiro atoms. The number of ether oxygens (including phenoxy) is 1. The molecule has 204 valence electrons. The zero-order valence-electron chi connectivity index (χ0n) is 21.2. The number of aromatic nitrogens is 5. The van der Waals surface area contributed by atoms with Gasteiger partial charge in [0.15, 0.2) is 5.65 Å². The maximum absolute atomic E-state index is 12.6. The molecule has 0 radical (unpaired) electrons. The molecule has 0 N–H and O–H groups in total. The van der Waals surface area contributed by atoms with Crippen LogP contribution in [0.15, 0.2) is 25.0 Å². The van der Waals surface area contributed by atoms with Crippen molar-refractivity contribution in [3.63, 3.8) is 0 Å². The molecule has 8 nitrogen and oxygen atoms in total. The highest BCUT2D eigenvalue weighted by atomic mass is 19.4. The topological polar surface area (TPSA) is 92.8 Å². The number of alkyl halides is 5. The average molecular weight is 538 g/mol. The number of aryl methyl sites for hydroxylation is 1. The summed E-state index contributed by atoms with van der Waals surface area (Å²) < 4.78 is 65.7. The number of anilines is 1. The summed E-state index contributed by atoms with van der Waals surface area (Å²) in [7, 11) is 0. The largest absolute Gasteiger partial charge is 0.389 e. The van der Waals surface area contributed by atoms with E-state index >= 15 is 0 Å². The van der Waals surface area contributed by atoms with E-state index in [1.165, 1.54) is 11.6 Å². The lowest BCUT2D eigenvalue weighted by molar-refractivity contribution is -0.134. The van der Waals surface area contributed by atoms with Crippen LogP contribution in [-0.2, 0) is 11.3 Å². The van der Waals surface area contributed by atoms with Gasteiger partial charge in [-0.3, -0.25) is 4.68 Å². The summed E-state index contributed by atoms with van der Waals surface area (Å²) in [4.78, 5) is 15.7. The fourth-order valence-electron chi connectivity index (χ4n) is 3.93. The van der Waals surface area contributed by atoms with Crippen molar-refractivity contribution >= 4 is 23.1 Å². The summed E-state index contributed by atoms with van der Waals surface area (Å²) in [6.07, 6.45) is -2.66. The van der Waals surface area contributed by atoms with Crippen LogP contribution in [-0.4, -0.2) is 56.5 Å². The lowest BCUT2D eigenvalue weighted by Gasteiger charge is -2.36. The summed E-state index contributed by atoms with van der Waals surface area (Å²) in [6.45, 7) is 9.56. The Bertz CT molecular complexity index is 1300. The van der Waals surface area contributed by atoms with Crippen molar-refractivity contribution < 1.29 is 26.7 Å². The van der Waals surface area contributed by atoms with Crippen molar-refractivity contribution in [3.8, 4) is 6.07 Å². The zero-order valence-corrected chi connectivity index (χ0v) is 21.2. The number of hydrogen-bond donors (Lipinski definition) is 0. The number of pyridine rings is 1. The molecule has 4 heterocycles. The maximum Gasteiger partial charge on any atom is 0.389 e. The minimum atomic E-state index is -3.95. The average Bonchev–Trinajstić information content (AvgIpc) is 3.30. The van der Waals surface area contributed by atoms with Crippen LogP contribution in [0.4, 0.5) is 27.9 Å². The molecular formula is C25H28F5N7O. The zero-order chi connectivity index (χ0) is 28.0. The first-order chi connectivity index (χ1) is 17.9. The highest BCUT2D eigenvalue weighted by Gasteiger charge is 2.30. The van der Waals surface area contributed by atoms with Gasteiger partial charge in [0.05, 0.1) is 35.8 Å². The van der Waals surface area contributed by atoms with E-state index in [2.05, 4.69) is 32.7 Å². The Morgan fingerprint density at radius 3 is 2.58 bits per heavy atom. The Morgan fingerprint density at radius 2 is 2.00 bits per heavy atom. The van der Waals surface area contributed by atoms with Gasteiger partial charge in [-0.2, -0.15) is 28.5 Å². The Hall–Kier alpha value is -3.66. The fourth-order valence-corrected chi connectivity index (χ4v) is 3.93. The van der Waals surface area contributed by atoms with Gasteiger partial charge in [-0.25, -0.2) is 18.7 Å². The van der Waals surface area contributed by atoms with Crippen LogP contribution in [0, 0.1) is 18.3 Å². The van der Waals surface area contributed by atoms with Gasteiger partial charge < -0.3 is 9.64 Å². The van der Waals surface area contributed by atoms with E-state index < -0.39 is 25.6 Å². The van der Waals surface area contributed by atoms with E-state index in [4.69, 9.17) is 4.74 Å². The van der Waals surface area contributed by atoms with Crippen LogP contribution in [0.25, 0.3) is 17.1 Å². The highest BCUT2D eigenvalue weighted by molar-refractivity contribution is 5.85. The van der Waals surface area contributed by atoms with Crippen molar-refractivity contribution in [2.75, 3.05) is 18.0 Å². The first-order valence-corrected chi connectivity index (χ1v) is 11.9. The third-order valence-electron chi connectivity index (χ3n) is 5.64. The Kier molecular flexibility index (Phi) is 9.32. The second-order valence-corrected chi connectivity index (χ2v) is 8.81. The normalized spacial score (nSPS) is 17.7. The molecule has 0 amide bonds. The lowest BCUT2D eigenvalue weighted by atomic mass is 10.1. The van der Waals surface area contributed by atoms with E-state index in [9.17, 15) is 27.2 Å². The van der Waals surface area contributed by atoms with Crippen LogP contribution in [0.3, 0.4) is 0 Å². The molecule has 38 heavy (non-hydrogen) atoms. The molecule has 2 atom stereocenters. The predicted octanol–water partition coefficient (Wildman–Crippen LogP) is 5.62. The van der Waals surface area contributed by atoms with Crippen molar-refractivity contribution in [3.05, 3.63) is 47.6 Å². The van der Waals surface area contributed by atoms with Gasteiger partial charge in [0.2, 0.25) is 5.95 Å². The van der Waals surface area contributed by atoms with Crippen molar-refractivity contribution in [2.45, 2.75) is 65.0 Å². The number of nitriles is 1. The molecule has 3 aromatic rings. The Labute approximate surface area is 216 Å². The van der Waals surface area contributed by atoms with E-state index in [1.54, 1.807) is 31.5 Å². The van der Waals surface area contributed by atoms with Gasteiger partial charge >= 0.3 is 6.18 Å². The SMILES string of the molecule is C=Cc1nc(N2CC(C)OC(c3cnn(CC(F)F)c3)C2)nc2nc(C)c(C#N)cc12.CCCC(F)(F)F. The van der Waals surface area contributed by atoms with Crippen LogP contribution in [0.5, 0.6) is 0 Å². The maximum atomic E-state index is 12.6. The quantitative estimate of drug-likeness (QED) is 0.377. The fraction of sp³-hybridized carbons (Fsp3) is 0.480. The van der Waals surface area contributed by atoms with E-state index in [-0.39, 0.29) is 18.6 Å². The molecule has 13 heteroatoms. The Balaban J connectivity index is 0.000000505. The highest BCUT2D eigenvalue weighted by Crippen LogP contribution is 2.29. The summed E-state index contributed by atoms with van der Waals surface area (Å²) in [6, 6.07) is 3.85. The first kappa shape index (κ1) is 28.9. The third-order valence-corrected chi connectivity index (χ3v) is 5.64. The van der Waals surface area contributed by atoms with Crippen LogP contribution < -0.4 is 4.90 Å². The number of rotatable bonds is 6. The summed E-state index contributed by atoms with van der Waals surface area (Å²) in [5, 5.41) is 14.0. The van der Waals surface area contributed by atoms with E-state index in [0.29, 0.717) is 47.0 Å². The number of halogens is 5. The lowest BCUT2D eigenvalue weighted by Crippen LogP contribution is -2.43. The molecule has 0 aromatic carbocycles. The summed E-state index contributed by atoms with van der Waals surface area (Å²) >= 11 is 0.